The van der Waals surface area contributed by atoms with Crippen molar-refractivity contribution in [2.45, 2.75) is 29.3 Å². The van der Waals surface area contributed by atoms with Gasteiger partial charge in [0.25, 0.3) is 0 Å². The zero-order chi connectivity index (χ0) is 23.0. The number of rotatable bonds is 6. The molecule has 0 radical (unpaired) electrons. The second-order valence-electron chi connectivity index (χ2n) is 8.20. The van der Waals surface area contributed by atoms with E-state index in [-0.39, 0.29) is 11.7 Å². The van der Waals surface area contributed by atoms with Gasteiger partial charge >= 0.3 is 0 Å². The van der Waals surface area contributed by atoms with Crippen LogP contribution in [-0.2, 0) is 34.7 Å². The summed E-state index contributed by atoms with van der Waals surface area (Å²) in [6, 6.07) is 9.07. The third-order valence-corrected chi connectivity index (χ3v) is 9.10. The molecule has 1 saturated heterocycles. The molecule has 1 amide bonds. The smallest absolute Gasteiger partial charge is 0.243 e. The molecule has 0 unspecified atom stereocenters. The van der Waals surface area contributed by atoms with E-state index in [2.05, 4.69) is 10.2 Å². The van der Waals surface area contributed by atoms with E-state index in [1.807, 2.05) is 19.2 Å². The summed E-state index contributed by atoms with van der Waals surface area (Å²) in [5.41, 5.74) is 2.39. The first-order chi connectivity index (χ1) is 15.9. The minimum Gasteiger partial charge on any atom is -0.461 e. The Labute approximate surface area is 196 Å². The number of aromatic nitrogens is 3. The van der Waals surface area contributed by atoms with Crippen LogP contribution in [0, 0.1) is 0 Å². The number of aryl methyl sites for hydroxylation is 2. The molecule has 1 aliphatic carbocycles. The van der Waals surface area contributed by atoms with E-state index in [9.17, 15) is 13.2 Å². The summed E-state index contributed by atoms with van der Waals surface area (Å²) >= 11 is 1.31. The molecule has 3 heterocycles. The highest BCUT2D eigenvalue weighted by molar-refractivity contribution is 7.99. The quantitative estimate of drug-likeness (QED) is 0.491. The van der Waals surface area contributed by atoms with Crippen molar-refractivity contribution in [1.29, 1.82) is 0 Å². The topological polar surface area (TPSA) is 102 Å². The van der Waals surface area contributed by atoms with Crippen molar-refractivity contribution in [3.8, 4) is 11.6 Å². The van der Waals surface area contributed by atoms with Gasteiger partial charge in [-0.05, 0) is 54.7 Å². The minimum absolute atomic E-state index is 0.0443. The molecule has 0 N–H and O–H groups in total. The molecule has 11 heteroatoms. The lowest BCUT2D eigenvalue weighted by atomic mass is 10.1. The maximum atomic E-state index is 13.1. The van der Waals surface area contributed by atoms with Crippen LogP contribution < -0.4 is 0 Å². The number of thioether (sulfide) groups is 1. The average Bonchev–Trinajstić information content (AvgIpc) is 3.58. The summed E-state index contributed by atoms with van der Waals surface area (Å²) in [6.45, 7) is 1.34. The fourth-order valence-electron chi connectivity index (χ4n) is 4.31. The molecule has 2 aromatic heterocycles. The van der Waals surface area contributed by atoms with Crippen molar-refractivity contribution in [2.24, 2.45) is 7.05 Å². The van der Waals surface area contributed by atoms with Gasteiger partial charge in [0, 0.05) is 33.2 Å². The van der Waals surface area contributed by atoms with E-state index in [1.54, 1.807) is 33.9 Å². The van der Waals surface area contributed by atoms with Crippen molar-refractivity contribution in [1.82, 2.24) is 24.0 Å². The normalized spacial score (nSPS) is 16.8. The lowest BCUT2D eigenvalue weighted by Gasteiger charge is -2.34. The van der Waals surface area contributed by atoms with Gasteiger partial charge in [0.1, 0.15) is 0 Å². The Morgan fingerprint density at radius 1 is 1.09 bits per heavy atom. The van der Waals surface area contributed by atoms with Gasteiger partial charge in [0.2, 0.25) is 15.9 Å². The van der Waals surface area contributed by atoms with Gasteiger partial charge in [-0.2, -0.15) is 4.31 Å². The number of hydrogen-bond acceptors (Lipinski definition) is 7. The highest BCUT2D eigenvalue weighted by atomic mass is 32.2. The van der Waals surface area contributed by atoms with Gasteiger partial charge in [-0.15, -0.1) is 10.2 Å². The van der Waals surface area contributed by atoms with E-state index in [1.165, 1.54) is 21.6 Å². The van der Waals surface area contributed by atoms with Crippen molar-refractivity contribution in [3.63, 3.8) is 0 Å². The minimum atomic E-state index is -3.55. The molecule has 174 valence electrons. The standard InChI is InChI=1S/C22H25N5O4S2/c1-25-21(19-6-3-13-31-19)23-24-22(25)32-15-20(28)26-9-11-27(12-10-26)33(29,30)18-8-7-16-4-2-5-17(16)14-18/h3,6-8,13-14H,2,4-5,9-12,15H2,1H3. The number of benzene rings is 1. The van der Waals surface area contributed by atoms with E-state index < -0.39 is 10.0 Å². The predicted molar refractivity (Wildman–Crippen MR) is 123 cm³/mol. The number of furan rings is 1. The molecule has 1 aliphatic heterocycles. The first-order valence-corrected chi connectivity index (χ1v) is 13.3. The second-order valence-corrected chi connectivity index (χ2v) is 11.1. The predicted octanol–water partition coefficient (Wildman–Crippen LogP) is 2.19. The lowest BCUT2D eigenvalue weighted by molar-refractivity contribution is -0.129. The third-order valence-electron chi connectivity index (χ3n) is 6.20. The van der Waals surface area contributed by atoms with Crippen LogP contribution in [0.15, 0.2) is 51.1 Å². The van der Waals surface area contributed by atoms with E-state index in [0.29, 0.717) is 47.8 Å². The van der Waals surface area contributed by atoms with Crippen molar-refractivity contribution < 1.29 is 17.6 Å². The number of carbonyl (C=O) groups excluding carboxylic acids is 1. The Kier molecular flexibility index (Phi) is 6.02. The number of piperazine rings is 1. The first kappa shape index (κ1) is 22.2. The molecule has 0 saturated carbocycles. The van der Waals surface area contributed by atoms with Gasteiger partial charge < -0.3 is 13.9 Å². The summed E-state index contributed by atoms with van der Waals surface area (Å²) in [5.74, 6) is 1.38. The van der Waals surface area contributed by atoms with Crippen LogP contribution in [0.4, 0.5) is 0 Å². The van der Waals surface area contributed by atoms with Gasteiger partial charge in [0.05, 0.1) is 16.9 Å². The van der Waals surface area contributed by atoms with E-state index >= 15 is 0 Å². The highest BCUT2D eigenvalue weighted by Crippen LogP contribution is 2.27. The van der Waals surface area contributed by atoms with Crippen LogP contribution in [0.5, 0.6) is 0 Å². The largest absolute Gasteiger partial charge is 0.461 e. The highest BCUT2D eigenvalue weighted by Gasteiger charge is 2.31. The van der Waals surface area contributed by atoms with Crippen LogP contribution >= 0.6 is 11.8 Å². The van der Waals surface area contributed by atoms with Crippen LogP contribution in [0.2, 0.25) is 0 Å². The second kappa shape index (κ2) is 8.96. The number of hydrogen-bond donors (Lipinski definition) is 0. The van der Waals surface area contributed by atoms with E-state index in [0.717, 1.165) is 24.8 Å². The Hall–Kier alpha value is -2.63. The molecular weight excluding hydrogens is 462 g/mol. The molecule has 3 aromatic rings. The monoisotopic (exact) mass is 487 g/mol. The molecule has 5 rings (SSSR count). The zero-order valence-electron chi connectivity index (χ0n) is 18.3. The van der Waals surface area contributed by atoms with Crippen LogP contribution in [0.1, 0.15) is 17.5 Å². The van der Waals surface area contributed by atoms with E-state index in [4.69, 9.17) is 4.42 Å². The molecule has 0 atom stereocenters. The average molecular weight is 488 g/mol. The lowest BCUT2D eigenvalue weighted by Crippen LogP contribution is -2.51. The van der Waals surface area contributed by atoms with Crippen LogP contribution in [0.25, 0.3) is 11.6 Å². The first-order valence-electron chi connectivity index (χ1n) is 10.9. The van der Waals surface area contributed by atoms with Crippen molar-refractivity contribution in [3.05, 3.63) is 47.7 Å². The Bertz CT molecular complexity index is 1260. The Morgan fingerprint density at radius 3 is 2.64 bits per heavy atom. The summed E-state index contributed by atoms with van der Waals surface area (Å²) < 4.78 is 34.8. The molecule has 33 heavy (non-hydrogen) atoms. The molecule has 1 aromatic carbocycles. The summed E-state index contributed by atoms with van der Waals surface area (Å²) in [6.07, 6.45) is 4.61. The summed E-state index contributed by atoms with van der Waals surface area (Å²) in [7, 11) is -1.73. The SMILES string of the molecule is Cn1c(SCC(=O)N2CCN(S(=O)(=O)c3ccc4c(c3)CCC4)CC2)nnc1-c1ccco1. The van der Waals surface area contributed by atoms with Gasteiger partial charge in [-0.25, -0.2) is 8.42 Å². The maximum absolute atomic E-state index is 13.1. The van der Waals surface area contributed by atoms with Crippen molar-refractivity contribution in [2.75, 3.05) is 31.9 Å². The third kappa shape index (κ3) is 4.32. The number of fused-ring (bicyclic) bond motifs is 1. The number of sulfonamides is 1. The fraction of sp³-hybridized carbons (Fsp3) is 0.409. The molecule has 1 fully saturated rings. The molecule has 0 spiro atoms. The van der Waals surface area contributed by atoms with Crippen molar-refractivity contribution >= 4 is 27.7 Å². The summed E-state index contributed by atoms with van der Waals surface area (Å²) in [4.78, 5) is 14.8. The number of nitrogens with zero attached hydrogens (tertiary/aromatic N) is 5. The van der Waals surface area contributed by atoms with Gasteiger partial charge in [0.15, 0.2) is 16.7 Å². The van der Waals surface area contributed by atoms with Gasteiger partial charge in [-0.1, -0.05) is 17.8 Å². The maximum Gasteiger partial charge on any atom is 0.243 e. The molecule has 0 bridgehead atoms. The Morgan fingerprint density at radius 2 is 1.88 bits per heavy atom. The molecule has 9 nitrogen and oxygen atoms in total. The number of amides is 1. The Balaban J connectivity index is 1.17. The molecule has 2 aliphatic rings. The van der Waals surface area contributed by atoms with Crippen LogP contribution in [-0.4, -0.2) is 70.2 Å². The molecular formula is C22H25N5O4S2. The fourth-order valence-corrected chi connectivity index (χ4v) is 6.60. The zero-order valence-corrected chi connectivity index (χ0v) is 19.9. The number of carbonyl (C=O) groups is 1. The van der Waals surface area contributed by atoms with Crippen LogP contribution in [0.3, 0.4) is 0 Å². The van der Waals surface area contributed by atoms with Gasteiger partial charge in [-0.3, -0.25) is 4.79 Å². The summed E-state index contributed by atoms with van der Waals surface area (Å²) in [5, 5.41) is 8.90.